The zero-order chi connectivity index (χ0) is 19.7. The van der Waals surface area contributed by atoms with E-state index >= 15 is 0 Å². The first-order valence-electron chi connectivity index (χ1n) is 10.2. The molecule has 0 spiro atoms. The molecule has 1 aromatic rings. The number of likely N-dealkylation sites (tertiary alicyclic amines) is 1. The van der Waals surface area contributed by atoms with E-state index in [2.05, 4.69) is 19.8 Å². The maximum absolute atomic E-state index is 12.9. The predicted molar refractivity (Wildman–Crippen MR) is 106 cm³/mol. The van der Waals surface area contributed by atoms with Gasteiger partial charge in [0.1, 0.15) is 0 Å². The van der Waals surface area contributed by atoms with Gasteiger partial charge in [-0.3, -0.25) is 14.5 Å². The Morgan fingerprint density at radius 3 is 2.54 bits per heavy atom. The molecule has 0 bridgehead atoms. The third kappa shape index (κ3) is 3.97. The summed E-state index contributed by atoms with van der Waals surface area (Å²) in [6, 6.07) is 2.09. The topological polar surface area (TPSA) is 72.9 Å². The van der Waals surface area contributed by atoms with E-state index in [4.69, 9.17) is 0 Å². The molecule has 3 heterocycles. The second-order valence-corrected chi connectivity index (χ2v) is 8.44. The Kier molecular flexibility index (Phi) is 5.48. The number of carbonyl (C=O) groups is 2. The summed E-state index contributed by atoms with van der Waals surface area (Å²) in [7, 11) is 3.82. The van der Waals surface area contributed by atoms with Crippen molar-refractivity contribution in [2.45, 2.75) is 25.3 Å². The van der Waals surface area contributed by atoms with Gasteiger partial charge in [-0.15, -0.1) is 0 Å². The third-order valence-electron chi connectivity index (χ3n) is 6.69. The van der Waals surface area contributed by atoms with Crippen molar-refractivity contribution in [2.24, 2.45) is 11.8 Å². The molecule has 3 atom stereocenters. The van der Waals surface area contributed by atoms with Crippen LogP contribution in [-0.2, 0) is 9.59 Å². The molecule has 0 N–H and O–H groups in total. The normalized spacial score (nSPS) is 28.4. The summed E-state index contributed by atoms with van der Waals surface area (Å²) in [6.07, 6.45) is 6.15. The summed E-state index contributed by atoms with van der Waals surface area (Å²) in [5.74, 6) is 2.18. The number of fused-ring (bicyclic) bond motifs is 1. The van der Waals surface area contributed by atoms with Crippen LogP contribution in [0.25, 0.3) is 0 Å². The smallest absolute Gasteiger partial charge is 0.236 e. The summed E-state index contributed by atoms with van der Waals surface area (Å²) >= 11 is 0. The van der Waals surface area contributed by atoms with E-state index in [9.17, 15) is 9.59 Å². The minimum atomic E-state index is 0.188. The van der Waals surface area contributed by atoms with E-state index < -0.39 is 0 Å². The molecule has 3 fully saturated rings. The van der Waals surface area contributed by atoms with Crippen molar-refractivity contribution in [1.29, 1.82) is 0 Å². The zero-order valence-electron chi connectivity index (χ0n) is 16.8. The van der Waals surface area contributed by atoms with Crippen LogP contribution in [0.5, 0.6) is 0 Å². The second-order valence-electron chi connectivity index (χ2n) is 8.44. The Balaban J connectivity index is 1.26. The lowest BCUT2D eigenvalue weighted by atomic mass is 9.88. The molecule has 1 aliphatic carbocycles. The van der Waals surface area contributed by atoms with Gasteiger partial charge in [0.05, 0.1) is 6.54 Å². The predicted octanol–water partition coefficient (Wildman–Crippen LogP) is 0.314. The highest BCUT2D eigenvalue weighted by Gasteiger charge is 2.42. The van der Waals surface area contributed by atoms with Crippen LogP contribution in [-0.4, -0.2) is 95.9 Å². The van der Waals surface area contributed by atoms with Crippen molar-refractivity contribution in [1.82, 2.24) is 24.7 Å². The van der Waals surface area contributed by atoms with E-state index in [0.717, 1.165) is 51.5 Å². The Morgan fingerprint density at radius 1 is 1.14 bits per heavy atom. The average Bonchev–Trinajstić information content (AvgIpc) is 3.11. The largest absolute Gasteiger partial charge is 0.345 e. The van der Waals surface area contributed by atoms with Gasteiger partial charge in [0, 0.05) is 71.7 Å². The monoisotopic (exact) mass is 386 g/mol. The van der Waals surface area contributed by atoms with Gasteiger partial charge in [-0.05, 0) is 30.7 Å². The fraction of sp³-hybridized carbons (Fsp3) is 0.700. The molecule has 0 radical (unpaired) electrons. The number of carbonyl (C=O) groups excluding carboxylic acids is 2. The standard InChI is InChI=1S/C20H30N6O2/c1-23-13-16-11-17(10-15(16)12-18(23)27)24(2)19(28)14-25-6-8-26(9-7-25)20-21-4-3-5-22-20/h3-5,15-17H,6-14H2,1-2H3/t15-,16+,17-/m1/s1. The molecule has 2 aliphatic heterocycles. The molecule has 0 unspecified atom stereocenters. The number of piperazine rings is 1. The van der Waals surface area contributed by atoms with E-state index in [1.54, 1.807) is 12.4 Å². The molecule has 2 saturated heterocycles. The number of anilines is 1. The second kappa shape index (κ2) is 8.03. The maximum atomic E-state index is 12.9. The third-order valence-corrected chi connectivity index (χ3v) is 6.69. The van der Waals surface area contributed by atoms with Crippen LogP contribution in [0.4, 0.5) is 5.95 Å². The van der Waals surface area contributed by atoms with Gasteiger partial charge in [-0.2, -0.15) is 0 Å². The highest BCUT2D eigenvalue weighted by molar-refractivity contribution is 5.79. The Labute approximate surface area is 166 Å². The number of likely N-dealkylation sites (N-methyl/N-ethyl adjacent to an activating group) is 1. The van der Waals surface area contributed by atoms with Crippen molar-refractivity contribution in [3.05, 3.63) is 18.5 Å². The number of amides is 2. The van der Waals surface area contributed by atoms with Crippen LogP contribution in [0.3, 0.4) is 0 Å². The van der Waals surface area contributed by atoms with Crippen LogP contribution in [0.2, 0.25) is 0 Å². The van der Waals surface area contributed by atoms with Crippen LogP contribution < -0.4 is 4.90 Å². The number of hydrogen-bond donors (Lipinski definition) is 0. The van der Waals surface area contributed by atoms with E-state index in [-0.39, 0.29) is 17.9 Å². The Hall–Kier alpha value is -2.22. The van der Waals surface area contributed by atoms with Crippen molar-refractivity contribution in [3.8, 4) is 0 Å². The van der Waals surface area contributed by atoms with Crippen LogP contribution in [0.15, 0.2) is 18.5 Å². The zero-order valence-corrected chi connectivity index (χ0v) is 16.8. The number of piperidine rings is 1. The summed E-state index contributed by atoms with van der Waals surface area (Å²) in [5, 5.41) is 0. The first-order valence-corrected chi connectivity index (χ1v) is 10.2. The van der Waals surface area contributed by atoms with Gasteiger partial charge in [0.15, 0.2) is 0 Å². The number of hydrogen-bond acceptors (Lipinski definition) is 6. The molecule has 2 amide bonds. The van der Waals surface area contributed by atoms with Gasteiger partial charge in [-0.25, -0.2) is 9.97 Å². The molecule has 8 nitrogen and oxygen atoms in total. The van der Waals surface area contributed by atoms with Crippen molar-refractivity contribution in [2.75, 3.05) is 58.3 Å². The molecule has 0 aromatic carbocycles. The van der Waals surface area contributed by atoms with Crippen LogP contribution in [0.1, 0.15) is 19.3 Å². The summed E-state index contributed by atoms with van der Waals surface area (Å²) in [5.41, 5.74) is 0. The van der Waals surface area contributed by atoms with Gasteiger partial charge in [0.2, 0.25) is 17.8 Å². The maximum Gasteiger partial charge on any atom is 0.236 e. The highest BCUT2D eigenvalue weighted by Crippen LogP contribution is 2.40. The van der Waals surface area contributed by atoms with Gasteiger partial charge in [-0.1, -0.05) is 0 Å². The number of rotatable bonds is 4. The SMILES string of the molecule is CN1C[C@@H]2C[C@H](N(C)C(=O)CN3CCN(c4ncccn4)CC3)C[C@@H]2CC1=O. The first-order chi connectivity index (χ1) is 13.5. The molecular weight excluding hydrogens is 356 g/mol. The molecule has 1 aromatic heterocycles. The minimum Gasteiger partial charge on any atom is -0.345 e. The van der Waals surface area contributed by atoms with Gasteiger partial charge >= 0.3 is 0 Å². The molecular formula is C20H30N6O2. The van der Waals surface area contributed by atoms with Crippen molar-refractivity contribution >= 4 is 17.8 Å². The van der Waals surface area contributed by atoms with E-state index in [0.29, 0.717) is 24.8 Å². The number of aromatic nitrogens is 2. The summed E-state index contributed by atoms with van der Waals surface area (Å²) in [4.78, 5) is 41.6. The summed E-state index contributed by atoms with van der Waals surface area (Å²) < 4.78 is 0. The molecule has 28 heavy (non-hydrogen) atoms. The molecule has 1 saturated carbocycles. The first kappa shape index (κ1) is 19.1. The number of nitrogens with zero attached hydrogens (tertiary/aromatic N) is 6. The Morgan fingerprint density at radius 2 is 1.82 bits per heavy atom. The summed E-state index contributed by atoms with van der Waals surface area (Å²) in [6.45, 7) is 4.66. The van der Waals surface area contributed by atoms with E-state index in [1.807, 2.05) is 30.0 Å². The van der Waals surface area contributed by atoms with Crippen molar-refractivity contribution < 1.29 is 9.59 Å². The lowest BCUT2D eigenvalue weighted by molar-refractivity contribution is -0.135. The van der Waals surface area contributed by atoms with Gasteiger partial charge < -0.3 is 14.7 Å². The quantitative estimate of drug-likeness (QED) is 0.742. The average molecular weight is 387 g/mol. The van der Waals surface area contributed by atoms with Gasteiger partial charge in [0.25, 0.3) is 0 Å². The van der Waals surface area contributed by atoms with Crippen LogP contribution in [0, 0.1) is 11.8 Å². The fourth-order valence-electron chi connectivity index (χ4n) is 4.87. The lowest BCUT2D eigenvalue weighted by Crippen LogP contribution is -2.51. The van der Waals surface area contributed by atoms with Crippen molar-refractivity contribution in [3.63, 3.8) is 0 Å². The molecule has 3 aliphatic rings. The van der Waals surface area contributed by atoms with Crippen LogP contribution >= 0.6 is 0 Å². The van der Waals surface area contributed by atoms with E-state index in [1.165, 1.54) is 0 Å². The molecule has 152 valence electrons. The fourth-order valence-corrected chi connectivity index (χ4v) is 4.87. The Bertz CT molecular complexity index is 706. The highest BCUT2D eigenvalue weighted by atomic mass is 16.2. The minimum absolute atomic E-state index is 0.188. The molecule has 8 heteroatoms. The molecule has 4 rings (SSSR count). The lowest BCUT2D eigenvalue weighted by Gasteiger charge is -2.35.